The van der Waals surface area contributed by atoms with Gasteiger partial charge in [0, 0.05) is 35.8 Å². The van der Waals surface area contributed by atoms with Crippen LogP contribution in [0.5, 0.6) is 5.75 Å². The van der Waals surface area contributed by atoms with Gasteiger partial charge in [0.15, 0.2) is 5.75 Å². The molecular weight excluding hydrogens is 522 g/mol. The monoisotopic (exact) mass is 543 g/mol. The minimum absolute atomic E-state index is 0.103. The standard InChI is InChI=1S/C28H22ClN5O5/c29-23-9-20(5-6-26(23)38-15-18-3-1-17(12-30)2-4-18)33-28-19(13-31)14-32-24-11-27(39-21-7-8-37-16-21)25(34(35)36)10-22(24)28/h1-6,9-11,14,21,23,26H,7-8,15-16H2,(H,32,33). The summed E-state index contributed by atoms with van der Waals surface area (Å²) in [5.74, 6) is 0.103. The van der Waals surface area contributed by atoms with Gasteiger partial charge in [0.05, 0.1) is 64.6 Å². The number of allylic oxidation sites excluding steroid dienone is 1. The van der Waals surface area contributed by atoms with Gasteiger partial charge in [0.1, 0.15) is 12.2 Å². The number of nitriles is 2. The lowest BCUT2D eigenvalue weighted by molar-refractivity contribution is -0.385. The van der Waals surface area contributed by atoms with Crippen molar-refractivity contribution in [2.75, 3.05) is 18.5 Å². The van der Waals surface area contributed by atoms with Crippen LogP contribution in [0.4, 0.5) is 11.4 Å². The fourth-order valence-corrected chi connectivity index (χ4v) is 4.61. The molecule has 1 N–H and O–H groups in total. The van der Waals surface area contributed by atoms with Crippen LogP contribution in [0.3, 0.4) is 0 Å². The molecule has 1 aromatic heterocycles. The first-order valence-electron chi connectivity index (χ1n) is 12.1. The Kier molecular flexibility index (Phi) is 7.71. The van der Waals surface area contributed by atoms with Crippen molar-refractivity contribution in [1.29, 1.82) is 10.5 Å². The molecule has 1 fully saturated rings. The molecule has 5 rings (SSSR count). The Morgan fingerprint density at radius 3 is 2.72 bits per heavy atom. The van der Waals surface area contributed by atoms with Gasteiger partial charge >= 0.3 is 5.69 Å². The molecule has 0 radical (unpaired) electrons. The first kappa shape index (κ1) is 26.1. The molecule has 10 nitrogen and oxygen atoms in total. The van der Waals surface area contributed by atoms with Crippen LogP contribution < -0.4 is 10.1 Å². The third-order valence-corrected chi connectivity index (χ3v) is 6.73. The van der Waals surface area contributed by atoms with Crippen LogP contribution in [-0.2, 0) is 16.1 Å². The molecule has 0 amide bonds. The third kappa shape index (κ3) is 5.84. The summed E-state index contributed by atoms with van der Waals surface area (Å²) in [6.07, 6.45) is 6.71. The molecule has 1 saturated heterocycles. The van der Waals surface area contributed by atoms with E-state index in [1.54, 1.807) is 30.4 Å². The minimum atomic E-state index is -0.516. The van der Waals surface area contributed by atoms with Crippen molar-refractivity contribution in [2.45, 2.75) is 30.6 Å². The van der Waals surface area contributed by atoms with E-state index in [1.807, 2.05) is 12.1 Å². The van der Waals surface area contributed by atoms with Crippen LogP contribution in [0.15, 0.2) is 66.5 Å². The van der Waals surface area contributed by atoms with Crippen molar-refractivity contribution in [3.05, 3.63) is 93.3 Å². The highest BCUT2D eigenvalue weighted by atomic mass is 35.5. The van der Waals surface area contributed by atoms with E-state index in [0.717, 1.165) is 5.56 Å². The maximum Gasteiger partial charge on any atom is 0.311 e. The Morgan fingerprint density at radius 1 is 1.23 bits per heavy atom. The number of nitrogens with zero attached hydrogens (tertiary/aromatic N) is 4. The van der Waals surface area contributed by atoms with Crippen molar-refractivity contribution in [1.82, 2.24) is 4.98 Å². The lowest BCUT2D eigenvalue weighted by Crippen LogP contribution is -2.24. The second-order valence-electron chi connectivity index (χ2n) is 8.99. The highest BCUT2D eigenvalue weighted by molar-refractivity contribution is 6.22. The Labute approximate surface area is 228 Å². The van der Waals surface area contributed by atoms with Crippen LogP contribution in [0, 0.1) is 32.8 Å². The number of anilines is 1. The normalized spacial score (nSPS) is 20.2. The van der Waals surface area contributed by atoms with E-state index >= 15 is 0 Å². The molecule has 11 heteroatoms. The summed E-state index contributed by atoms with van der Waals surface area (Å²) in [5.41, 5.74) is 2.88. The summed E-state index contributed by atoms with van der Waals surface area (Å²) in [6, 6.07) is 14.2. The molecule has 1 aliphatic heterocycles. The lowest BCUT2D eigenvalue weighted by Gasteiger charge is -2.23. The third-order valence-electron chi connectivity index (χ3n) is 6.36. The van der Waals surface area contributed by atoms with E-state index in [1.165, 1.54) is 18.3 Å². The fourth-order valence-electron chi connectivity index (χ4n) is 4.32. The number of hydrogen-bond donors (Lipinski definition) is 1. The van der Waals surface area contributed by atoms with Gasteiger partial charge in [-0.25, -0.2) is 0 Å². The van der Waals surface area contributed by atoms with Gasteiger partial charge in [-0.2, -0.15) is 10.5 Å². The smallest absolute Gasteiger partial charge is 0.311 e. The molecule has 3 unspecified atom stereocenters. The number of aromatic nitrogens is 1. The average Bonchev–Trinajstić information content (AvgIpc) is 3.46. The molecule has 2 aliphatic rings. The Hall–Kier alpha value is -4.48. The fraction of sp³-hybridized carbons (Fsp3) is 0.250. The van der Waals surface area contributed by atoms with Crippen molar-refractivity contribution in [3.8, 4) is 17.9 Å². The zero-order valence-electron chi connectivity index (χ0n) is 20.5. The summed E-state index contributed by atoms with van der Waals surface area (Å²) < 4.78 is 17.1. The quantitative estimate of drug-likeness (QED) is 0.233. The van der Waals surface area contributed by atoms with E-state index in [4.69, 9.17) is 31.1 Å². The highest BCUT2D eigenvalue weighted by Gasteiger charge is 2.26. The largest absolute Gasteiger partial charge is 0.481 e. The number of hydrogen-bond acceptors (Lipinski definition) is 9. The van der Waals surface area contributed by atoms with Crippen LogP contribution in [0.1, 0.15) is 23.1 Å². The predicted molar refractivity (Wildman–Crippen MR) is 143 cm³/mol. The van der Waals surface area contributed by atoms with E-state index in [9.17, 15) is 15.4 Å². The average molecular weight is 544 g/mol. The first-order valence-corrected chi connectivity index (χ1v) is 12.6. The molecule has 3 aromatic rings. The van der Waals surface area contributed by atoms with Crippen LogP contribution in [0.25, 0.3) is 10.9 Å². The van der Waals surface area contributed by atoms with Crippen molar-refractivity contribution >= 4 is 33.9 Å². The minimum Gasteiger partial charge on any atom is -0.481 e. The van der Waals surface area contributed by atoms with Crippen molar-refractivity contribution in [2.24, 2.45) is 0 Å². The molecule has 2 aromatic carbocycles. The number of nitrogens with one attached hydrogen (secondary N) is 1. The number of pyridine rings is 1. The van der Waals surface area contributed by atoms with Gasteiger partial charge < -0.3 is 19.5 Å². The molecular formula is C28H22ClN5O5. The molecule has 0 spiro atoms. The lowest BCUT2D eigenvalue weighted by atomic mass is 10.1. The number of fused-ring (bicyclic) bond motifs is 1. The molecule has 2 heterocycles. The maximum atomic E-state index is 11.9. The van der Waals surface area contributed by atoms with Crippen LogP contribution in [-0.4, -0.2) is 40.7 Å². The van der Waals surface area contributed by atoms with Crippen LogP contribution >= 0.6 is 11.6 Å². The molecule has 39 heavy (non-hydrogen) atoms. The summed E-state index contributed by atoms with van der Waals surface area (Å²) in [5, 5.41) is 33.6. The molecule has 3 atom stereocenters. The Balaban J connectivity index is 1.37. The predicted octanol–water partition coefficient (Wildman–Crippen LogP) is 5.11. The van der Waals surface area contributed by atoms with Crippen molar-refractivity contribution < 1.29 is 19.1 Å². The number of alkyl halides is 1. The van der Waals surface area contributed by atoms with Gasteiger partial charge in [-0.3, -0.25) is 15.1 Å². The van der Waals surface area contributed by atoms with Gasteiger partial charge in [-0.15, -0.1) is 11.6 Å². The molecule has 196 valence electrons. The van der Waals surface area contributed by atoms with E-state index < -0.39 is 16.4 Å². The van der Waals surface area contributed by atoms with Crippen LogP contribution in [0.2, 0.25) is 0 Å². The van der Waals surface area contributed by atoms with E-state index in [2.05, 4.69) is 22.4 Å². The number of benzene rings is 2. The van der Waals surface area contributed by atoms with Gasteiger partial charge in [-0.1, -0.05) is 18.2 Å². The Bertz CT molecular complexity index is 1550. The van der Waals surface area contributed by atoms with Gasteiger partial charge in [0.25, 0.3) is 0 Å². The van der Waals surface area contributed by atoms with Gasteiger partial charge in [-0.05, 0) is 29.8 Å². The topological polar surface area (TPSA) is 143 Å². The summed E-state index contributed by atoms with van der Waals surface area (Å²) >= 11 is 6.59. The summed E-state index contributed by atoms with van der Waals surface area (Å²) in [4.78, 5) is 15.7. The van der Waals surface area contributed by atoms with Gasteiger partial charge in [0.2, 0.25) is 0 Å². The zero-order chi connectivity index (χ0) is 27.4. The second kappa shape index (κ2) is 11.5. The van der Waals surface area contributed by atoms with Crippen molar-refractivity contribution in [3.63, 3.8) is 0 Å². The number of nitro benzene ring substituents is 1. The number of ether oxygens (including phenoxy) is 3. The SMILES string of the molecule is N#Cc1ccc(COC2C=CC(Nc3c(C#N)cnc4cc(OC5CCOC5)c([N+](=O)[O-])cc34)=CC2Cl)cc1. The van der Waals surface area contributed by atoms with E-state index in [-0.39, 0.29) is 23.1 Å². The molecule has 0 saturated carbocycles. The number of halogens is 1. The molecule has 1 aliphatic carbocycles. The molecule has 0 bridgehead atoms. The number of nitro groups is 1. The second-order valence-corrected chi connectivity index (χ2v) is 9.50. The van der Waals surface area contributed by atoms with E-state index in [0.29, 0.717) is 54.1 Å². The first-order chi connectivity index (χ1) is 18.9. The summed E-state index contributed by atoms with van der Waals surface area (Å²) in [7, 11) is 0. The Morgan fingerprint density at radius 2 is 2.05 bits per heavy atom. The summed E-state index contributed by atoms with van der Waals surface area (Å²) in [6.45, 7) is 1.21. The zero-order valence-corrected chi connectivity index (χ0v) is 21.3. The number of rotatable bonds is 8. The maximum absolute atomic E-state index is 11.9. The highest BCUT2D eigenvalue weighted by Crippen LogP contribution is 2.37.